The third-order valence-electron chi connectivity index (χ3n) is 6.05. The lowest BCUT2D eigenvalue weighted by Crippen LogP contribution is -2.19. The Kier molecular flexibility index (Phi) is 5.31. The number of fused-ring (bicyclic) bond motifs is 2. The number of nitrogens with zero attached hydrogens (tertiary/aromatic N) is 4. The number of rotatable bonds is 5. The zero-order valence-electron chi connectivity index (χ0n) is 18.4. The van der Waals surface area contributed by atoms with E-state index in [0.29, 0.717) is 11.5 Å². The lowest BCUT2D eigenvalue weighted by molar-refractivity contribution is 0.356. The molecule has 0 fully saturated rings. The number of nitrogens with one attached hydrogen (secondary N) is 1. The monoisotopic (exact) mass is 427 g/mol. The van der Waals surface area contributed by atoms with Crippen molar-refractivity contribution in [2.45, 2.75) is 32.2 Å². The van der Waals surface area contributed by atoms with E-state index in [1.165, 1.54) is 11.3 Å². The van der Waals surface area contributed by atoms with Crippen LogP contribution in [0, 0.1) is 6.92 Å². The van der Waals surface area contributed by atoms with Crippen LogP contribution in [0.5, 0.6) is 11.5 Å². The van der Waals surface area contributed by atoms with Crippen molar-refractivity contribution < 1.29 is 9.47 Å². The highest BCUT2D eigenvalue weighted by Crippen LogP contribution is 2.37. The standard InChI is InChI=1S/C25H25N5O2/c1-15-10-16(19-14-28-30-22-12-24(32-3)23(31-2)11-18(19)22)13-27-25(15)29-21-8-4-7-20-17(21)6-5-9-26-20/h5-6,9-14,21H,4,7-8H2,1-3H3,(H,27,29)/t21-/m0/s1. The van der Waals surface area contributed by atoms with Crippen LogP contribution in [0.25, 0.3) is 22.0 Å². The van der Waals surface area contributed by atoms with Gasteiger partial charge >= 0.3 is 0 Å². The summed E-state index contributed by atoms with van der Waals surface area (Å²) in [6.07, 6.45) is 8.75. The van der Waals surface area contributed by atoms with Crippen LogP contribution in [0.4, 0.5) is 5.82 Å². The first kappa shape index (κ1) is 20.2. The van der Waals surface area contributed by atoms with Crippen molar-refractivity contribution >= 4 is 16.7 Å². The molecule has 3 aromatic heterocycles. The number of pyridine rings is 2. The predicted molar refractivity (Wildman–Crippen MR) is 124 cm³/mol. The fourth-order valence-corrected chi connectivity index (χ4v) is 4.41. The maximum Gasteiger partial charge on any atom is 0.162 e. The summed E-state index contributed by atoms with van der Waals surface area (Å²) in [7, 11) is 3.24. The van der Waals surface area contributed by atoms with Gasteiger partial charge in [0.15, 0.2) is 11.5 Å². The molecule has 0 radical (unpaired) electrons. The molecule has 5 rings (SSSR count). The van der Waals surface area contributed by atoms with Crippen LogP contribution >= 0.6 is 0 Å². The normalized spacial score (nSPS) is 15.3. The minimum Gasteiger partial charge on any atom is -0.493 e. The van der Waals surface area contributed by atoms with Gasteiger partial charge in [-0.05, 0) is 55.5 Å². The molecular weight excluding hydrogens is 402 g/mol. The number of methoxy groups -OCH3 is 2. The fourth-order valence-electron chi connectivity index (χ4n) is 4.41. The molecule has 1 aromatic carbocycles. The minimum absolute atomic E-state index is 0.227. The highest BCUT2D eigenvalue weighted by Gasteiger charge is 2.22. The van der Waals surface area contributed by atoms with Crippen LogP contribution in [-0.2, 0) is 6.42 Å². The molecule has 162 valence electrons. The second-order valence-corrected chi connectivity index (χ2v) is 8.00. The summed E-state index contributed by atoms with van der Waals surface area (Å²) >= 11 is 0. The molecule has 7 nitrogen and oxygen atoms in total. The second-order valence-electron chi connectivity index (χ2n) is 8.00. The number of aromatic nitrogens is 4. The molecule has 0 spiro atoms. The van der Waals surface area contributed by atoms with E-state index < -0.39 is 0 Å². The highest BCUT2D eigenvalue weighted by atomic mass is 16.5. The average molecular weight is 428 g/mol. The van der Waals surface area contributed by atoms with Crippen molar-refractivity contribution in [3.63, 3.8) is 0 Å². The molecule has 1 atom stereocenters. The Hall–Kier alpha value is -3.74. The van der Waals surface area contributed by atoms with Crippen LogP contribution in [-0.4, -0.2) is 34.4 Å². The van der Waals surface area contributed by atoms with Gasteiger partial charge in [-0.1, -0.05) is 6.07 Å². The van der Waals surface area contributed by atoms with Gasteiger partial charge in [-0.15, -0.1) is 0 Å². The zero-order valence-corrected chi connectivity index (χ0v) is 18.4. The molecule has 0 saturated carbocycles. The number of hydrogen-bond donors (Lipinski definition) is 1. The third kappa shape index (κ3) is 3.60. The zero-order chi connectivity index (χ0) is 22.1. The van der Waals surface area contributed by atoms with Crippen molar-refractivity contribution in [1.82, 2.24) is 20.2 Å². The molecular formula is C25H25N5O2. The maximum atomic E-state index is 5.49. The molecule has 3 heterocycles. The Morgan fingerprint density at radius 2 is 1.88 bits per heavy atom. The van der Waals surface area contributed by atoms with Crippen molar-refractivity contribution in [2.24, 2.45) is 0 Å². The fraction of sp³-hybridized carbons (Fsp3) is 0.280. The Morgan fingerprint density at radius 3 is 2.69 bits per heavy atom. The molecule has 0 amide bonds. The van der Waals surface area contributed by atoms with Crippen LogP contribution < -0.4 is 14.8 Å². The molecule has 0 aliphatic heterocycles. The summed E-state index contributed by atoms with van der Waals surface area (Å²) in [5, 5.41) is 13.0. The largest absolute Gasteiger partial charge is 0.493 e. The Labute approximate surface area is 186 Å². The smallest absolute Gasteiger partial charge is 0.162 e. The van der Waals surface area contributed by atoms with Crippen LogP contribution in [0.1, 0.15) is 35.7 Å². The van der Waals surface area contributed by atoms with E-state index in [1.807, 2.05) is 30.6 Å². The van der Waals surface area contributed by atoms with Crippen molar-refractivity contribution in [3.8, 4) is 22.6 Å². The first-order valence-electron chi connectivity index (χ1n) is 10.7. The van der Waals surface area contributed by atoms with Gasteiger partial charge in [0.1, 0.15) is 5.82 Å². The molecule has 0 unspecified atom stereocenters. The van der Waals surface area contributed by atoms with E-state index >= 15 is 0 Å². The molecule has 1 N–H and O–H groups in total. The molecule has 0 bridgehead atoms. The van der Waals surface area contributed by atoms with Crippen molar-refractivity contribution in [1.29, 1.82) is 0 Å². The predicted octanol–water partition coefficient (Wildman–Crippen LogP) is 4.90. The van der Waals surface area contributed by atoms with Gasteiger partial charge in [-0.2, -0.15) is 10.2 Å². The van der Waals surface area contributed by atoms with E-state index in [4.69, 9.17) is 14.5 Å². The first-order valence-corrected chi connectivity index (χ1v) is 10.7. The van der Waals surface area contributed by atoms with E-state index in [2.05, 4.69) is 39.6 Å². The van der Waals surface area contributed by atoms with Crippen LogP contribution in [0.2, 0.25) is 0 Å². The molecule has 1 aliphatic carbocycles. The lowest BCUT2D eigenvalue weighted by Gasteiger charge is -2.26. The number of hydrogen-bond acceptors (Lipinski definition) is 7. The van der Waals surface area contributed by atoms with Crippen molar-refractivity contribution in [3.05, 3.63) is 65.7 Å². The van der Waals surface area contributed by atoms with Gasteiger partial charge in [0, 0.05) is 40.7 Å². The topological polar surface area (TPSA) is 82.1 Å². The minimum atomic E-state index is 0.227. The van der Waals surface area contributed by atoms with Gasteiger partial charge in [0.05, 0.1) is 32.0 Å². The summed E-state index contributed by atoms with van der Waals surface area (Å²) < 4.78 is 10.9. The number of ether oxygens (including phenoxy) is 2. The Bertz CT molecular complexity index is 1290. The molecule has 32 heavy (non-hydrogen) atoms. The molecule has 4 aromatic rings. The molecule has 7 heteroatoms. The molecule has 1 aliphatic rings. The van der Waals surface area contributed by atoms with E-state index in [0.717, 1.165) is 52.7 Å². The number of aryl methyl sites for hydroxylation is 2. The second kappa shape index (κ2) is 8.42. The SMILES string of the molecule is COc1cc2nncc(-c3cnc(N[C@H]4CCCc5ncccc54)c(C)c3)c2cc1OC. The summed E-state index contributed by atoms with van der Waals surface area (Å²) in [6.45, 7) is 2.08. The van der Waals surface area contributed by atoms with Gasteiger partial charge < -0.3 is 14.8 Å². The van der Waals surface area contributed by atoms with Crippen molar-refractivity contribution in [2.75, 3.05) is 19.5 Å². The molecule has 0 saturated heterocycles. The first-order chi connectivity index (χ1) is 15.7. The number of benzene rings is 1. The lowest BCUT2D eigenvalue weighted by atomic mass is 9.91. The van der Waals surface area contributed by atoms with E-state index in [-0.39, 0.29) is 6.04 Å². The van der Waals surface area contributed by atoms with Gasteiger partial charge in [-0.25, -0.2) is 4.98 Å². The van der Waals surface area contributed by atoms with Gasteiger partial charge in [0.25, 0.3) is 0 Å². The quantitative estimate of drug-likeness (QED) is 0.485. The van der Waals surface area contributed by atoms with Crippen LogP contribution in [0.15, 0.2) is 48.9 Å². The van der Waals surface area contributed by atoms with Gasteiger partial charge in [0.2, 0.25) is 0 Å². The summed E-state index contributed by atoms with van der Waals surface area (Å²) in [5.41, 5.74) is 6.20. The van der Waals surface area contributed by atoms with E-state index in [9.17, 15) is 0 Å². The highest BCUT2D eigenvalue weighted by molar-refractivity contribution is 5.95. The van der Waals surface area contributed by atoms with Crippen LogP contribution in [0.3, 0.4) is 0 Å². The third-order valence-corrected chi connectivity index (χ3v) is 6.05. The summed E-state index contributed by atoms with van der Waals surface area (Å²) in [4.78, 5) is 9.32. The maximum absolute atomic E-state index is 5.49. The summed E-state index contributed by atoms with van der Waals surface area (Å²) in [5.74, 6) is 2.17. The Morgan fingerprint density at radius 1 is 1.03 bits per heavy atom. The number of anilines is 1. The van der Waals surface area contributed by atoms with Gasteiger partial charge in [-0.3, -0.25) is 4.98 Å². The summed E-state index contributed by atoms with van der Waals surface area (Å²) in [6, 6.07) is 10.3. The Balaban J connectivity index is 1.50. The average Bonchev–Trinajstić information content (AvgIpc) is 2.84. The van der Waals surface area contributed by atoms with E-state index in [1.54, 1.807) is 20.4 Å².